The topological polar surface area (TPSA) is 50.1 Å². The first kappa shape index (κ1) is 12.6. The van der Waals surface area contributed by atoms with Gasteiger partial charge in [-0.25, -0.2) is 0 Å². The molecular formula is C12H13NO2S. The van der Waals surface area contributed by atoms with Gasteiger partial charge < -0.3 is 4.74 Å². The summed E-state index contributed by atoms with van der Waals surface area (Å²) in [4.78, 5) is 11.8. The maximum Gasteiger partial charge on any atom is 0.310 e. The van der Waals surface area contributed by atoms with Crippen LogP contribution in [0.1, 0.15) is 23.6 Å². The van der Waals surface area contributed by atoms with E-state index in [9.17, 15) is 4.79 Å². The molecule has 0 aliphatic carbocycles. The molecule has 1 aromatic rings. The molecule has 4 heteroatoms. The fourth-order valence-corrected chi connectivity index (χ4v) is 1.67. The number of ether oxygens (including phenoxy) is 1. The first-order valence-corrected chi connectivity index (χ1v) is 5.38. The molecule has 0 heterocycles. The fourth-order valence-electron chi connectivity index (χ4n) is 1.41. The molecule has 0 bridgehead atoms. The molecule has 0 atom stereocenters. The molecule has 0 fully saturated rings. The van der Waals surface area contributed by atoms with Gasteiger partial charge in [0.2, 0.25) is 0 Å². The third-order valence-electron chi connectivity index (χ3n) is 2.34. The van der Waals surface area contributed by atoms with Crippen LogP contribution in [0.15, 0.2) is 17.0 Å². The Kier molecular flexibility index (Phi) is 4.39. The molecule has 0 saturated heterocycles. The van der Waals surface area contributed by atoms with Gasteiger partial charge in [0.25, 0.3) is 0 Å². The molecule has 84 valence electrons. The van der Waals surface area contributed by atoms with E-state index < -0.39 is 0 Å². The summed E-state index contributed by atoms with van der Waals surface area (Å²) in [6.45, 7) is 2.00. The number of esters is 1. The predicted molar refractivity (Wildman–Crippen MR) is 63.5 cm³/mol. The number of carbonyl (C=O) groups excluding carboxylic acids is 1. The van der Waals surface area contributed by atoms with Crippen LogP contribution in [0.3, 0.4) is 0 Å². The van der Waals surface area contributed by atoms with Crippen LogP contribution in [0, 0.1) is 11.3 Å². The third-order valence-corrected chi connectivity index (χ3v) is 2.87. The summed E-state index contributed by atoms with van der Waals surface area (Å²) in [5.41, 5.74) is 2.26. The summed E-state index contributed by atoms with van der Waals surface area (Å²) in [6.07, 6.45) is 0.967. The van der Waals surface area contributed by atoms with E-state index in [1.54, 1.807) is 6.07 Å². The molecule has 3 nitrogen and oxygen atoms in total. The highest BCUT2D eigenvalue weighted by Crippen LogP contribution is 2.22. The summed E-state index contributed by atoms with van der Waals surface area (Å²) in [5.74, 6) is -0.326. The molecule has 1 rings (SSSR count). The second-order valence-electron chi connectivity index (χ2n) is 3.37. The molecule has 0 aliphatic rings. The summed E-state index contributed by atoms with van der Waals surface area (Å²) < 4.78 is 4.60. The van der Waals surface area contributed by atoms with Crippen molar-refractivity contribution in [1.29, 1.82) is 5.26 Å². The molecular weight excluding hydrogens is 222 g/mol. The molecule has 16 heavy (non-hydrogen) atoms. The van der Waals surface area contributed by atoms with Crippen molar-refractivity contribution in [3.63, 3.8) is 0 Å². The Balaban J connectivity index is 3.17. The maximum atomic E-state index is 11.2. The average molecular weight is 235 g/mol. The Hall–Kier alpha value is -1.47. The summed E-state index contributed by atoms with van der Waals surface area (Å²) >= 11 is 4.26. The maximum absolute atomic E-state index is 11.2. The molecule has 0 N–H and O–H groups in total. The molecule has 0 amide bonds. The highest BCUT2D eigenvalue weighted by atomic mass is 32.1. The van der Waals surface area contributed by atoms with Gasteiger partial charge >= 0.3 is 5.97 Å². The van der Waals surface area contributed by atoms with Gasteiger partial charge in [0.1, 0.15) is 6.07 Å². The molecule has 1 aromatic carbocycles. The van der Waals surface area contributed by atoms with Crippen LogP contribution >= 0.6 is 12.6 Å². The van der Waals surface area contributed by atoms with Crippen molar-refractivity contribution < 1.29 is 9.53 Å². The first-order chi connectivity index (χ1) is 7.62. The van der Waals surface area contributed by atoms with Gasteiger partial charge in [-0.2, -0.15) is 5.26 Å². The van der Waals surface area contributed by atoms with Crippen molar-refractivity contribution in [2.24, 2.45) is 0 Å². The third kappa shape index (κ3) is 2.77. The SMILES string of the molecule is CCc1cc(C#N)c(S)c(CC(=O)OC)c1. The monoisotopic (exact) mass is 235 g/mol. The van der Waals surface area contributed by atoms with Crippen molar-refractivity contribution in [2.45, 2.75) is 24.7 Å². The number of nitriles is 1. The van der Waals surface area contributed by atoms with Crippen molar-refractivity contribution in [1.82, 2.24) is 0 Å². The van der Waals surface area contributed by atoms with Crippen molar-refractivity contribution in [2.75, 3.05) is 7.11 Å². The number of methoxy groups -OCH3 is 1. The number of hydrogen-bond donors (Lipinski definition) is 1. The zero-order valence-electron chi connectivity index (χ0n) is 9.28. The second kappa shape index (κ2) is 5.57. The van der Waals surface area contributed by atoms with Gasteiger partial charge in [0.05, 0.1) is 19.1 Å². The fraction of sp³-hybridized carbons (Fsp3) is 0.333. The minimum atomic E-state index is -0.326. The first-order valence-electron chi connectivity index (χ1n) is 4.94. The van der Waals surface area contributed by atoms with Crippen LogP contribution in [-0.4, -0.2) is 13.1 Å². The standard InChI is InChI=1S/C12H13NO2S/c1-3-8-4-9(6-11(14)15-2)12(16)10(5-8)7-13/h4-5,16H,3,6H2,1-2H3. The number of hydrogen-bond acceptors (Lipinski definition) is 4. The van der Waals surface area contributed by atoms with Crippen LogP contribution in [0.25, 0.3) is 0 Å². The lowest BCUT2D eigenvalue weighted by molar-refractivity contribution is -0.139. The Morgan fingerprint density at radius 3 is 2.75 bits per heavy atom. The highest BCUT2D eigenvalue weighted by Gasteiger charge is 2.11. The summed E-state index contributed by atoms with van der Waals surface area (Å²) in [7, 11) is 1.34. The lowest BCUT2D eigenvalue weighted by atomic mass is 10.0. The predicted octanol–water partition coefficient (Wildman–Crippen LogP) is 2.12. The van der Waals surface area contributed by atoms with Crippen LogP contribution in [-0.2, 0) is 22.4 Å². The number of aryl methyl sites for hydroxylation is 1. The number of rotatable bonds is 3. The Morgan fingerprint density at radius 1 is 1.56 bits per heavy atom. The smallest absolute Gasteiger partial charge is 0.310 e. The molecule has 0 aromatic heterocycles. The highest BCUT2D eigenvalue weighted by molar-refractivity contribution is 7.80. The van der Waals surface area contributed by atoms with Gasteiger partial charge in [-0.15, -0.1) is 12.6 Å². The van der Waals surface area contributed by atoms with Crippen molar-refractivity contribution >= 4 is 18.6 Å². The van der Waals surface area contributed by atoms with Gasteiger partial charge in [0, 0.05) is 4.90 Å². The van der Waals surface area contributed by atoms with Gasteiger partial charge in [-0.1, -0.05) is 13.0 Å². The van der Waals surface area contributed by atoms with Crippen molar-refractivity contribution in [3.05, 3.63) is 28.8 Å². The average Bonchev–Trinajstić information content (AvgIpc) is 2.31. The molecule has 0 spiro atoms. The Labute approximate surface area is 100 Å². The zero-order valence-corrected chi connectivity index (χ0v) is 10.2. The van der Waals surface area contributed by atoms with Gasteiger partial charge in [-0.3, -0.25) is 4.79 Å². The second-order valence-corrected chi connectivity index (χ2v) is 3.82. The van der Waals surface area contributed by atoms with Crippen LogP contribution < -0.4 is 0 Å². The van der Waals surface area contributed by atoms with E-state index in [1.807, 2.05) is 13.0 Å². The molecule has 0 unspecified atom stereocenters. The minimum absolute atomic E-state index is 0.151. The van der Waals surface area contributed by atoms with E-state index in [1.165, 1.54) is 7.11 Å². The number of thiol groups is 1. The van der Waals surface area contributed by atoms with E-state index in [-0.39, 0.29) is 12.4 Å². The lowest BCUT2D eigenvalue weighted by Gasteiger charge is -2.08. The number of nitrogens with zero attached hydrogens (tertiary/aromatic N) is 1. The van der Waals surface area contributed by atoms with E-state index >= 15 is 0 Å². The van der Waals surface area contributed by atoms with Crippen LogP contribution in [0.4, 0.5) is 0 Å². The van der Waals surface area contributed by atoms with Gasteiger partial charge in [-0.05, 0) is 23.6 Å². The number of carbonyl (C=O) groups is 1. The Morgan fingerprint density at radius 2 is 2.25 bits per heavy atom. The molecule has 0 saturated carbocycles. The zero-order chi connectivity index (χ0) is 12.1. The van der Waals surface area contributed by atoms with Gasteiger partial charge in [0.15, 0.2) is 0 Å². The van der Waals surface area contributed by atoms with Crippen LogP contribution in [0.2, 0.25) is 0 Å². The van der Waals surface area contributed by atoms with Crippen molar-refractivity contribution in [3.8, 4) is 6.07 Å². The Bertz CT molecular complexity index is 449. The summed E-state index contributed by atoms with van der Waals surface area (Å²) in [6, 6.07) is 5.76. The largest absolute Gasteiger partial charge is 0.469 e. The summed E-state index contributed by atoms with van der Waals surface area (Å²) in [5, 5.41) is 8.94. The van der Waals surface area contributed by atoms with E-state index in [0.29, 0.717) is 10.5 Å². The van der Waals surface area contributed by atoms with E-state index in [0.717, 1.165) is 17.5 Å². The molecule has 0 aliphatic heterocycles. The lowest BCUT2D eigenvalue weighted by Crippen LogP contribution is -2.06. The van der Waals surface area contributed by atoms with E-state index in [2.05, 4.69) is 23.4 Å². The van der Waals surface area contributed by atoms with Crippen LogP contribution in [0.5, 0.6) is 0 Å². The number of benzene rings is 1. The minimum Gasteiger partial charge on any atom is -0.469 e. The van der Waals surface area contributed by atoms with E-state index in [4.69, 9.17) is 5.26 Å². The molecule has 0 radical (unpaired) electrons. The quantitative estimate of drug-likeness (QED) is 0.645. The normalized spacial score (nSPS) is 9.62.